The fraction of sp³-hybridized carbons (Fsp3) is 1.00. The Morgan fingerprint density at radius 3 is 1.86 bits per heavy atom. The van der Waals surface area contributed by atoms with Crippen molar-refractivity contribution < 1.29 is 0 Å². The van der Waals surface area contributed by atoms with E-state index >= 15 is 0 Å². The zero-order valence-electron chi connectivity index (χ0n) is 4.30. The van der Waals surface area contributed by atoms with Crippen molar-refractivity contribution in [3.05, 3.63) is 0 Å². The first-order chi connectivity index (χ1) is 3.36. The van der Waals surface area contributed by atoms with Crippen LogP contribution in [0.1, 0.15) is 19.3 Å². The van der Waals surface area contributed by atoms with E-state index in [1.165, 1.54) is 19.3 Å². The van der Waals surface area contributed by atoms with Crippen LogP contribution in [-0.2, 0) is 0 Å². The second kappa shape index (κ2) is 1.19. The van der Waals surface area contributed by atoms with Gasteiger partial charge in [-0.3, -0.25) is 0 Å². The minimum Gasteiger partial charge on any atom is -0.176 e. The van der Waals surface area contributed by atoms with Crippen LogP contribution in [-0.4, -0.2) is 5.25 Å². The van der Waals surface area contributed by atoms with Crippen LogP contribution in [0.5, 0.6) is 0 Å². The van der Waals surface area contributed by atoms with Crippen LogP contribution in [0.3, 0.4) is 0 Å². The first-order valence-corrected chi connectivity index (χ1v) is 3.56. The Labute approximate surface area is 49.7 Å². The highest BCUT2D eigenvalue weighted by molar-refractivity contribution is 7.81. The topological polar surface area (TPSA) is 0 Å². The van der Waals surface area contributed by atoms with Crippen LogP contribution < -0.4 is 0 Å². The van der Waals surface area contributed by atoms with Gasteiger partial charge >= 0.3 is 0 Å². The summed E-state index contributed by atoms with van der Waals surface area (Å²) < 4.78 is 0. The monoisotopic (exact) mass is 114 g/mol. The van der Waals surface area contributed by atoms with Crippen molar-refractivity contribution in [3.63, 3.8) is 0 Å². The van der Waals surface area contributed by atoms with Gasteiger partial charge in [0, 0.05) is 5.25 Å². The van der Waals surface area contributed by atoms with Crippen molar-refractivity contribution in [1.29, 1.82) is 0 Å². The molecule has 0 aliphatic heterocycles. The zero-order chi connectivity index (χ0) is 4.85. The van der Waals surface area contributed by atoms with Crippen molar-refractivity contribution >= 4 is 12.6 Å². The lowest BCUT2D eigenvalue weighted by Gasteiger charge is -1.97. The van der Waals surface area contributed by atoms with Crippen molar-refractivity contribution in [2.45, 2.75) is 24.5 Å². The lowest BCUT2D eigenvalue weighted by atomic mass is 10.2. The van der Waals surface area contributed by atoms with E-state index in [4.69, 9.17) is 0 Å². The van der Waals surface area contributed by atoms with Gasteiger partial charge in [-0.1, -0.05) is 0 Å². The van der Waals surface area contributed by atoms with Gasteiger partial charge in [0.1, 0.15) is 0 Å². The molecule has 1 unspecified atom stereocenters. The number of hydrogen-bond donors (Lipinski definition) is 1. The maximum Gasteiger partial charge on any atom is 0.00222 e. The highest BCUT2D eigenvalue weighted by Gasteiger charge is 2.44. The molecule has 0 saturated heterocycles. The van der Waals surface area contributed by atoms with E-state index < -0.39 is 0 Å². The van der Waals surface area contributed by atoms with Crippen LogP contribution >= 0.6 is 12.6 Å². The molecule has 0 heterocycles. The average Bonchev–Trinajstić information content (AvgIpc) is 2.15. The second-order valence-corrected chi connectivity index (χ2v) is 3.61. The van der Waals surface area contributed by atoms with E-state index in [2.05, 4.69) is 12.6 Å². The molecule has 2 aliphatic carbocycles. The molecule has 2 saturated carbocycles. The van der Waals surface area contributed by atoms with Crippen molar-refractivity contribution in [1.82, 2.24) is 0 Å². The largest absolute Gasteiger partial charge is 0.176 e. The van der Waals surface area contributed by atoms with Crippen LogP contribution in [0.2, 0.25) is 0 Å². The summed E-state index contributed by atoms with van der Waals surface area (Å²) in [5.41, 5.74) is 0. The predicted molar refractivity (Wildman–Crippen MR) is 33.6 cm³/mol. The molecule has 0 radical (unpaired) electrons. The Morgan fingerprint density at radius 1 is 1.00 bits per heavy atom. The molecule has 0 spiro atoms. The van der Waals surface area contributed by atoms with Crippen molar-refractivity contribution in [2.24, 2.45) is 11.8 Å². The summed E-state index contributed by atoms with van der Waals surface area (Å²) in [6.45, 7) is 0. The Hall–Kier alpha value is 0.350. The van der Waals surface area contributed by atoms with E-state index in [1.54, 1.807) is 0 Å². The SMILES string of the molecule is SC1C[C@@H]2C[C@@H]2C1. The fourth-order valence-electron chi connectivity index (χ4n) is 1.68. The van der Waals surface area contributed by atoms with Gasteiger partial charge in [0.2, 0.25) is 0 Å². The van der Waals surface area contributed by atoms with Crippen LogP contribution in [0.15, 0.2) is 0 Å². The highest BCUT2D eigenvalue weighted by atomic mass is 32.1. The molecule has 0 bridgehead atoms. The molecule has 0 aromatic rings. The number of thiol groups is 1. The summed E-state index contributed by atoms with van der Waals surface area (Å²) in [5.74, 6) is 2.23. The molecule has 0 amide bonds. The Morgan fingerprint density at radius 2 is 1.57 bits per heavy atom. The molecular weight excluding hydrogens is 104 g/mol. The normalized spacial score (nSPS) is 57.0. The van der Waals surface area contributed by atoms with Gasteiger partial charge in [-0.25, -0.2) is 0 Å². The molecule has 3 atom stereocenters. The standard InChI is InChI=1S/C6H10S/c7-6-2-4-1-5(4)3-6/h4-7H,1-3H2/t4-,5+,6?. The van der Waals surface area contributed by atoms with Gasteiger partial charge in [0.05, 0.1) is 0 Å². The molecule has 40 valence electrons. The maximum absolute atomic E-state index is 4.38. The van der Waals surface area contributed by atoms with E-state index in [0.717, 1.165) is 17.1 Å². The quantitative estimate of drug-likeness (QED) is 0.455. The van der Waals surface area contributed by atoms with Crippen LogP contribution in [0, 0.1) is 11.8 Å². The number of rotatable bonds is 0. The molecule has 1 heteroatoms. The molecule has 0 nitrogen and oxygen atoms in total. The molecule has 0 aromatic carbocycles. The third-order valence-electron chi connectivity index (χ3n) is 2.22. The molecule has 2 rings (SSSR count). The lowest BCUT2D eigenvalue weighted by molar-refractivity contribution is 0.757. The van der Waals surface area contributed by atoms with Gasteiger partial charge in [-0.2, -0.15) is 12.6 Å². The summed E-state index contributed by atoms with van der Waals surface area (Å²) >= 11 is 4.38. The summed E-state index contributed by atoms with van der Waals surface area (Å²) in [7, 11) is 0. The summed E-state index contributed by atoms with van der Waals surface area (Å²) in [6.07, 6.45) is 4.35. The van der Waals surface area contributed by atoms with Gasteiger partial charge in [-0.05, 0) is 31.1 Å². The van der Waals surface area contributed by atoms with Crippen molar-refractivity contribution in [2.75, 3.05) is 0 Å². The maximum atomic E-state index is 4.38. The van der Waals surface area contributed by atoms with Gasteiger partial charge < -0.3 is 0 Å². The zero-order valence-corrected chi connectivity index (χ0v) is 5.20. The first kappa shape index (κ1) is 4.25. The minimum absolute atomic E-state index is 0.767. The predicted octanol–water partition coefficient (Wildman–Crippen LogP) is 1.71. The smallest absolute Gasteiger partial charge is 0.00222 e. The molecule has 0 N–H and O–H groups in total. The second-order valence-electron chi connectivity index (χ2n) is 2.88. The van der Waals surface area contributed by atoms with Gasteiger partial charge in [0.25, 0.3) is 0 Å². The third kappa shape index (κ3) is 0.584. The molecular formula is C6H10S. The fourth-order valence-corrected chi connectivity index (χ4v) is 2.22. The van der Waals surface area contributed by atoms with Gasteiger partial charge in [0.15, 0.2) is 0 Å². The summed E-state index contributed by atoms with van der Waals surface area (Å²) in [6, 6.07) is 0. The molecule has 0 aromatic heterocycles. The summed E-state index contributed by atoms with van der Waals surface area (Å²) in [4.78, 5) is 0. The minimum atomic E-state index is 0.767. The third-order valence-corrected chi connectivity index (χ3v) is 2.64. The Bertz CT molecular complexity index is 80.2. The average molecular weight is 114 g/mol. The van der Waals surface area contributed by atoms with Crippen LogP contribution in [0.4, 0.5) is 0 Å². The van der Waals surface area contributed by atoms with E-state index in [0.29, 0.717) is 0 Å². The Balaban J connectivity index is 2.02. The van der Waals surface area contributed by atoms with E-state index in [1.807, 2.05) is 0 Å². The molecule has 7 heavy (non-hydrogen) atoms. The summed E-state index contributed by atoms with van der Waals surface area (Å²) in [5, 5.41) is 0.767. The van der Waals surface area contributed by atoms with Crippen molar-refractivity contribution in [3.8, 4) is 0 Å². The lowest BCUT2D eigenvalue weighted by Crippen LogP contribution is -1.90. The van der Waals surface area contributed by atoms with E-state index in [9.17, 15) is 0 Å². The number of fused-ring (bicyclic) bond motifs is 1. The van der Waals surface area contributed by atoms with Crippen LogP contribution in [0.25, 0.3) is 0 Å². The van der Waals surface area contributed by atoms with Gasteiger partial charge in [-0.15, -0.1) is 0 Å². The highest BCUT2D eigenvalue weighted by Crippen LogP contribution is 2.53. The molecule has 2 aliphatic rings. The Kier molecular flexibility index (Phi) is 0.724. The number of hydrogen-bond acceptors (Lipinski definition) is 1. The first-order valence-electron chi connectivity index (χ1n) is 3.04. The molecule has 2 fully saturated rings. The van der Waals surface area contributed by atoms with E-state index in [-0.39, 0.29) is 0 Å².